The number of nitrogens with zero attached hydrogens (tertiary/aromatic N) is 1. The molecule has 0 bridgehead atoms. The van der Waals surface area contributed by atoms with Crippen molar-refractivity contribution in [1.29, 1.82) is 0 Å². The third-order valence-electron chi connectivity index (χ3n) is 3.18. The van der Waals surface area contributed by atoms with Gasteiger partial charge in [-0.1, -0.05) is 12.1 Å². The summed E-state index contributed by atoms with van der Waals surface area (Å²) in [5, 5.41) is 18.3. The van der Waals surface area contributed by atoms with Crippen molar-refractivity contribution in [1.82, 2.24) is 0 Å². The lowest BCUT2D eigenvalue weighted by Gasteiger charge is -2.16. The second-order valence-electron chi connectivity index (χ2n) is 4.51. The lowest BCUT2D eigenvalue weighted by Crippen LogP contribution is -2.25. The van der Waals surface area contributed by atoms with Crippen LogP contribution in [0.5, 0.6) is 0 Å². The Labute approximate surface area is 105 Å². The number of hydrogen-bond acceptors (Lipinski definition) is 3. The van der Waals surface area contributed by atoms with Crippen molar-refractivity contribution in [2.45, 2.75) is 25.4 Å². The van der Waals surface area contributed by atoms with E-state index >= 15 is 0 Å². The number of carbonyl (C=O) groups excluding carboxylic acids is 1. The fraction of sp³-hybridized carbons (Fsp3) is 0.385. The van der Waals surface area contributed by atoms with Crippen LogP contribution in [0.1, 0.15) is 24.8 Å². The van der Waals surface area contributed by atoms with E-state index in [2.05, 4.69) is 0 Å². The highest BCUT2D eigenvalue weighted by molar-refractivity contribution is 5.96. The number of hydrogen-bond donors (Lipinski definition) is 2. The van der Waals surface area contributed by atoms with Crippen molar-refractivity contribution in [3.8, 4) is 0 Å². The normalized spacial score (nSPS) is 21.1. The van der Waals surface area contributed by atoms with E-state index in [9.17, 15) is 14.7 Å². The first kappa shape index (κ1) is 12.6. The van der Waals surface area contributed by atoms with E-state index in [1.807, 2.05) is 0 Å². The SMILES string of the molecule is CC(C(=O)O)c1ccc(N2CC(O)CC2=O)cc1. The monoisotopic (exact) mass is 249 g/mol. The molecule has 1 aromatic rings. The molecular formula is C13H15NO4. The van der Waals surface area contributed by atoms with E-state index < -0.39 is 18.0 Å². The number of carboxylic acids is 1. The van der Waals surface area contributed by atoms with Crippen LogP contribution in [0, 0.1) is 0 Å². The summed E-state index contributed by atoms with van der Waals surface area (Å²) in [6, 6.07) is 6.83. The van der Waals surface area contributed by atoms with Gasteiger partial charge in [-0.25, -0.2) is 0 Å². The number of aliphatic hydroxyl groups excluding tert-OH is 1. The van der Waals surface area contributed by atoms with Crippen LogP contribution in [0.2, 0.25) is 0 Å². The van der Waals surface area contributed by atoms with Crippen LogP contribution < -0.4 is 4.90 Å². The molecule has 1 amide bonds. The maximum Gasteiger partial charge on any atom is 0.310 e. The van der Waals surface area contributed by atoms with Crippen molar-refractivity contribution in [2.24, 2.45) is 0 Å². The summed E-state index contributed by atoms with van der Waals surface area (Å²) >= 11 is 0. The Kier molecular flexibility index (Phi) is 3.34. The van der Waals surface area contributed by atoms with Crippen LogP contribution in [0.3, 0.4) is 0 Å². The molecule has 96 valence electrons. The number of aliphatic carboxylic acids is 1. The zero-order valence-electron chi connectivity index (χ0n) is 10.0. The maximum absolute atomic E-state index is 11.6. The minimum absolute atomic E-state index is 0.110. The van der Waals surface area contributed by atoms with E-state index in [0.717, 1.165) is 0 Å². The van der Waals surface area contributed by atoms with Gasteiger partial charge in [0.2, 0.25) is 5.91 Å². The van der Waals surface area contributed by atoms with E-state index in [0.29, 0.717) is 17.8 Å². The number of rotatable bonds is 3. The van der Waals surface area contributed by atoms with E-state index in [1.54, 1.807) is 31.2 Å². The maximum atomic E-state index is 11.6. The standard InChI is InChI=1S/C13H15NO4/c1-8(13(17)18)9-2-4-10(5-3-9)14-7-11(15)6-12(14)16/h2-5,8,11,15H,6-7H2,1H3,(H,17,18). The molecule has 2 rings (SSSR count). The van der Waals surface area contributed by atoms with Crippen LogP contribution in [0.4, 0.5) is 5.69 Å². The Morgan fingerprint density at radius 1 is 1.39 bits per heavy atom. The molecule has 2 unspecified atom stereocenters. The molecule has 5 heteroatoms. The highest BCUT2D eigenvalue weighted by Gasteiger charge is 2.29. The molecule has 2 N–H and O–H groups in total. The van der Waals surface area contributed by atoms with Crippen molar-refractivity contribution >= 4 is 17.6 Å². The van der Waals surface area contributed by atoms with Crippen LogP contribution in [0.25, 0.3) is 0 Å². The number of aliphatic hydroxyl groups is 1. The molecule has 0 radical (unpaired) electrons. The largest absolute Gasteiger partial charge is 0.481 e. The number of carboxylic acid groups (broad SMARTS) is 1. The molecule has 0 aromatic heterocycles. The van der Waals surface area contributed by atoms with Gasteiger partial charge in [0, 0.05) is 5.69 Å². The van der Waals surface area contributed by atoms with Gasteiger partial charge in [0.15, 0.2) is 0 Å². The van der Waals surface area contributed by atoms with Gasteiger partial charge in [-0.3, -0.25) is 9.59 Å². The highest BCUT2D eigenvalue weighted by atomic mass is 16.4. The number of benzene rings is 1. The fourth-order valence-corrected chi connectivity index (χ4v) is 2.02. The van der Waals surface area contributed by atoms with Crippen LogP contribution in [0.15, 0.2) is 24.3 Å². The summed E-state index contributed by atoms with van der Waals surface area (Å²) in [6.45, 7) is 1.91. The predicted molar refractivity (Wildman–Crippen MR) is 65.5 cm³/mol. The summed E-state index contributed by atoms with van der Waals surface area (Å²) < 4.78 is 0. The molecule has 18 heavy (non-hydrogen) atoms. The Hall–Kier alpha value is -1.88. The first-order chi connectivity index (χ1) is 8.49. The van der Waals surface area contributed by atoms with Gasteiger partial charge >= 0.3 is 5.97 Å². The van der Waals surface area contributed by atoms with Gasteiger partial charge in [-0.2, -0.15) is 0 Å². The molecule has 0 spiro atoms. The molecule has 2 atom stereocenters. The number of β-amino-alcohol motifs (C(OH)–C–C–N with tert-alkyl or cyclic N) is 1. The van der Waals surface area contributed by atoms with Gasteiger partial charge in [0.1, 0.15) is 0 Å². The summed E-state index contributed by atoms with van der Waals surface area (Å²) in [7, 11) is 0. The molecule has 1 aliphatic heterocycles. The van der Waals surface area contributed by atoms with Gasteiger partial charge < -0.3 is 15.1 Å². The average Bonchev–Trinajstić information content (AvgIpc) is 2.67. The Morgan fingerprint density at radius 3 is 2.44 bits per heavy atom. The molecule has 1 aliphatic rings. The molecule has 1 saturated heterocycles. The van der Waals surface area contributed by atoms with Crippen LogP contribution >= 0.6 is 0 Å². The van der Waals surface area contributed by atoms with Crippen molar-refractivity contribution < 1.29 is 19.8 Å². The Bertz CT molecular complexity index is 468. The number of amides is 1. The number of carbonyl (C=O) groups is 2. The smallest absolute Gasteiger partial charge is 0.310 e. The van der Waals surface area contributed by atoms with Gasteiger partial charge in [0.25, 0.3) is 0 Å². The molecule has 0 aliphatic carbocycles. The zero-order chi connectivity index (χ0) is 13.3. The lowest BCUT2D eigenvalue weighted by atomic mass is 10.0. The predicted octanol–water partition coefficient (Wildman–Crippen LogP) is 0.972. The van der Waals surface area contributed by atoms with Gasteiger partial charge in [-0.15, -0.1) is 0 Å². The second kappa shape index (κ2) is 4.78. The molecule has 1 aromatic carbocycles. The summed E-state index contributed by atoms with van der Waals surface area (Å²) in [6.07, 6.45) is -0.470. The quantitative estimate of drug-likeness (QED) is 0.836. The van der Waals surface area contributed by atoms with Crippen LogP contribution in [-0.2, 0) is 9.59 Å². The Morgan fingerprint density at radius 2 is 2.00 bits per heavy atom. The average molecular weight is 249 g/mol. The van der Waals surface area contributed by atoms with Crippen molar-refractivity contribution in [3.05, 3.63) is 29.8 Å². The third-order valence-corrected chi connectivity index (χ3v) is 3.18. The van der Waals surface area contributed by atoms with E-state index in [4.69, 9.17) is 5.11 Å². The van der Waals surface area contributed by atoms with Crippen molar-refractivity contribution in [3.63, 3.8) is 0 Å². The zero-order valence-corrected chi connectivity index (χ0v) is 10.0. The third kappa shape index (κ3) is 2.36. The minimum Gasteiger partial charge on any atom is -0.481 e. The van der Waals surface area contributed by atoms with Gasteiger partial charge in [-0.05, 0) is 24.6 Å². The first-order valence-corrected chi connectivity index (χ1v) is 5.80. The molecular weight excluding hydrogens is 234 g/mol. The summed E-state index contributed by atoms with van der Waals surface area (Å²) in [5.41, 5.74) is 1.39. The molecule has 1 fully saturated rings. The van der Waals surface area contributed by atoms with E-state index in [-0.39, 0.29) is 12.3 Å². The number of anilines is 1. The Balaban J connectivity index is 2.18. The summed E-state index contributed by atoms with van der Waals surface area (Å²) in [5.74, 6) is -1.56. The molecule has 0 saturated carbocycles. The minimum atomic E-state index is -0.879. The fourth-order valence-electron chi connectivity index (χ4n) is 2.02. The highest BCUT2D eigenvalue weighted by Crippen LogP contribution is 2.24. The first-order valence-electron chi connectivity index (χ1n) is 5.80. The van der Waals surface area contributed by atoms with Crippen molar-refractivity contribution in [2.75, 3.05) is 11.4 Å². The molecule has 5 nitrogen and oxygen atoms in total. The topological polar surface area (TPSA) is 77.8 Å². The van der Waals surface area contributed by atoms with Crippen LogP contribution in [-0.4, -0.2) is 34.7 Å². The lowest BCUT2D eigenvalue weighted by molar-refractivity contribution is -0.138. The molecule has 1 heterocycles. The second-order valence-corrected chi connectivity index (χ2v) is 4.51. The summed E-state index contributed by atoms with van der Waals surface area (Å²) in [4.78, 5) is 23.9. The van der Waals surface area contributed by atoms with E-state index in [1.165, 1.54) is 4.90 Å². The van der Waals surface area contributed by atoms with Gasteiger partial charge in [0.05, 0.1) is 25.0 Å².